The number of hydrogen-bond donors (Lipinski definition) is 2. The normalized spacial score (nSPS) is 19.1. The summed E-state index contributed by atoms with van der Waals surface area (Å²) in [6, 6.07) is -0.116. The summed E-state index contributed by atoms with van der Waals surface area (Å²) in [5, 5.41) is 11.8. The number of aliphatic hydroxyl groups is 1. The Bertz CT molecular complexity index is 175. The van der Waals surface area contributed by atoms with E-state index in [0.717, 1.165) is 32.4 Å². The highest BCUT2D eigenvalue weighted by Crippen LogP contribution is 2.08. The van der Waals surface area contributed by atoms with Gasteiger partial charge in [-0.15, -0.1) is 0 Å². The lowest BCUT2D eigenvalue weighted by molar-refractivity contribution is 0.171. The van der Waals surface area contributed by atoms with Crippen molar-refractivity contribution < 1.29 is 9.90 Å². The largest absolute Gasteiger partial charge is 0.394 e. The quantitative estimate of drug-likeness (QED) is 0.712. The fraction of sp³-hybridized carbons (Fsp3) is 0.900. The van der Waals surface area contributed by atoms with Crippen LogP contribution in [0.25, 0.3) is 0 Å². The second-order valence-electron chi connectivity index (χ2n) is 3.78. The minimum absolute atomic E-state index is 0.0226. The number of carbonyl (C=O) groups is 1. The first-order valence-corrected chi connectivity index (χ1v) is 5.44. The number of nitrogens with zero attached hydrogens (tertiary/aromatic N) is 1. The zero-order valence-corrected chi connectivity index (χ0v) is 8.83. The maximum atomic E-state index is 11.6. The molecule has 1 aliphatic heterocycles. The molecular formula is C10H20N2O2. The van der Waals surface area contributed by atoms with Crippen LogP contribution in [0.15, 0.2) is 0 Å². The van der Waals surface area contributed by atoms with Gasteiger partial charge >= 0.3 is 6.03 Å². The molecule has 0 aliphatic carbocycles. The lowest BCUT2D eigenvalue weighted by atomic mass is 10.1. The highest BCUT2D eigenvalue weighted by Gasteiger charge is 2.18. The van der Waals surface area contributed by atoms with Gasteiger partial charge in [-0.2, -0.15) is 0 Å². The SMILES string of the molecule is CCC(CO)NC(=O)N1CCCCC1. The van der Waals surface area contributed by atoms with Gasteiger partial charge in [-0.1, -0.05) is 6.92 Å². The van der Waals surface area contributed by atoms with Crippen LogP contribution in [0.3, 0.4) is 0 Å². The van der Waals surface area contributed by atoms with Crippen LogP contribution in [0.2, 0.25) is 0 Å². The Hall–Kier alpha value is -0.770. The zero-order chi connectivity index (χ0) is 10.4. The molecule has 1 rings (SSSR count). The first-order valence-electron chi connectivity index (χ1n) is 5.44. The van der Waals surface area contributed by atoms with Crippen LogP contribution in [0.1, 0.15) is 32.6 Å². The Morgan fingerprint density at radius 3 is 2.57 bits per heavy atom. The third kappa shape index (κ3) is 3.18. The van der Waals surface area contributed by atoms with E-state index in [1.807, 2.05) is 11.8 Å². The van der Waals surface area contributed by atoms with Crippen LogP contribution in [0.5, 0.6) is 0 Å². The van der Waals surface area contributed by atoms with Crippen molar-refractivity contribution in [3.05, 3.63) is 0 Å². The Labute approximate surface area is 85.3 Å². The number of nitrogens with one attached hydrogen (secondary N) is 1. The Morgan fingerprint density at radius 2 is 2.07 bits per heavy atom. The molecule has 1 heterocycles. The standard InChI is InChI=1S/C10H20N2O2/c1-2-9(8-13)11-10(14)12-6-4-3-5-7-12/h9,13H,2-8H2,1H3,(H,11,14). The molecule has 4 heteroatoms. The summed E-state index contributed by atoms with van der Waals surface area (Å²) in [5.41, 5.74) is 0. The van der Waals surface area contributed by atoms with Crippen molar-refractivity contribution >= 4 is 6.03 Å². The number of amides is 2. The van der Waals surface area contributed by atoms with Crippen LogP contribution in [0.4, 0.5) is 4.79 Å². The number of urea groups is 1. The van der Waals surface area contributed by atoms with Crippen LogP contribution in [0, 0.1) is 0 Å². The predicted octanol–water partition coefficient (Wildman–Crippen LogP) is 0.953. The van der Waals surface area contributed by atoms with Gasteiger partial charge in [-0.3, -0.25) is 0 Å². The van der Waals surface area contributed by atoms with E-state index in [1.165, 1.54) is 6.42 Å². The minimum Gasteiger partial charge on any atom is -0.394 e. The van der Waals surface area contributed by atoms with Gasteiger partial charge in [0.15, 0.2) is 0 Å². The second kappa shape index (κ2) is 5.86. The van der Waals surface area contributed by atoms with Crippen molar-refractivity contribution in [3.8, 4) is 0 Å². The predicted molar refractivity (Wildman–Crippen MR) is 55.1 cm³/mol. The van der Waals surface area contributed by atoms with Crippen LogP contribution < -0.4 is 5.32 Å². The zero-order valence-electron chi connectivity index (χ0n) is 8.83. The fourth-order valence-corrected chi connectivity index (χ4v) is 1.64. The van der Waals surface area contributed by atoms with Gasteiger partial charge in [0.2, 0.25) is 0 Å². The molecule has 1 saturated heterocycles. The first kappa shape index (κ1) is 11.3. The van der Waals surface area contributed by atoms with Gasteiger partial charge in [0.1, 0.15) is 0 Å². The van der Waals surface area contributed by atoms with E-state index in [0.29, 0.717) is 0 Å². The van der Waals surface area contributed by atoms with Gasteiger partial charge in [-0.05, 0) is 25.7 Å². The molecule has 0 saturated carbocycles. The molecule has 2 amide bonds. The number of piperidine rings is 1. The van der Waals surface area contributed by atoms with E-state index < -0.39 is 0 Å². The topological polar surface area (TPSA) is 52.6 Å². The highest BCUT2D eigenvalue weighted by molar-refractivity contribution is 5.74. The molecule has 14 heavy (non-hydrogen) atoms. The van der Waals surface area contributed by atoms with Crippen molar-refractivity contribution in [2.24, 2.45) is 0 Å². The average molecular weight is 200 g/mol. The maximum absolute atomic E-state index is 11.6. The number of carbonyl (C=O) groups excluding carboxylic acids is 1. The fourth-order valence-electron chi connectivity index (χ4n) is 1.64. The van der Waals surface area contributed by atoms with E-state index in [-0.39, 0.29) is 18.7 Å². The highest BCUT2D eigenvalue weighted by atomic mass is 16.3. The molecule has 1 fully saturated rings. The van der Waals surface area contributed by atoms with Gasteiger partial charge in [-0.25, -0.2) is 4.79 Å². The Kier molecular flexibility index (Phi) is 4.73. The summed E-state index contributed by atoms with van der Waals surface area (Å²) >= 11 is 0. The summed E-state index contributed by atoms with van der Waals surface area (Å²) in [5.74, 6) is 0. The monoisotopic (exact) mass is 200 g/mol. The molecule has 2 N–H and O–H groups in total. The smallest absolute Gasteiger partial charge is 0.317 e. The van der Waals surface area contributed by atoms with E-state index >= 15 is 0 Å². The Morgan fingerprint density at radius 1 is 1.43 bits per heavy atom. The third-order valence-electron chi connectivity index (χ3n) is 2.68. The number of aliphatic hydroxyl groups excluding tert-OH is 1. The molecular weight excluding hydrogens is 180 g/mol. The summed E-state index contributed by atoms with van der Waals surface area (Å²) in [7, 11) is 0. The molecule has 0 aromatic heterocycles. The first-order chi connectivity index (χ1) is 6.77. The molecule has 0 aromatic carbocycles. The van der Waals surface area contributed by atoms with Gasteiger partial charge in [0, 0.05) is 13.1 Å². The summed E-state index contributed by atoms with van der Waals surface area (Å²) in [6.45, 7) is 3.69. The van der Waals surface area contributed by atoms with E-state index in [4.69, 9.17) is 5.11 Å². The average Bonchev–Trinajstić information content (AvgIpc) is 2.26. The number of likely N-dealkylation sites (tertiary alicyclic amines) is 1. The van der Waals surface area contributed by atoms with E-state index in [2.05, 4.69) is 5.32 Å². The van der Waals surface area contributed by atoms with Crippen molar-refractivity contribution in [1.82, 2.24) is 10.2 Å². The van der Waals surface area contributed by atoms with Gasteiger partial charge < -0.3 is 15.3 Å². The van der Waals surface area contributed by atoms with Crippen molar-refractivity contribution in [3.63, 3.8) is 0 Å². The van der Waals surface area contributed by atoms with Gasteiger partial charge in [0.05, 0.1) is 12.6 Å². The van der Waals surface area contributed by atoms with Gasteiger partial charge in [0.25, 0.3) is 0 Å². The maximum Gasteiger partial charge on any atom is 0.317 e. The van der Waals surface area contributed by atoms with E-state index in [1.54, 1.807) is 0 Å². The van der Waals surface area contributed by atoms with Crippen molar-refractivity contribution in [2.45, 2.75) is 38.6 Å². The summed E-state index contributed by atoms with van der Waals surface area (Å²) in [4.78, 5) is 13.5. The van der Waals surface area contributed by atoms with E-state index in [9.17, 15) is 4.79 Å². The van der Waals surface area contributed by atoms with Crippen LogP contribution in [-0.2, 0) is 0 Å². The summed E-state index contributed by atoms with van der Waals surface area (Å²) in [6.07, 6.45) is 4.20. The van der Waals surface area contributed by atoms with Crippen molar-refractivity contribution in [2.75, 3.05) is 19.7 Å². The molecule has 1 aliphatic rings. The Balaban J connectivity index is 2.32. The lowest BCUT2D eigenvalue weighted by Gasteiger charge is -2.28. The molecule has 1 unspecified atom stereocenters. The number of hydrogen-bond acceptors (Lipinski definition) is 2. The molecule has 0 aromatic rings. The molecule has 0 radical (unpaired) electrons. The second-order valence-corrected chi connectivity index (χ2v) is 3.78. The summed E-state index contributed by atoms with van der Waals surface area (Å²) < 4.78 is 0. The molecule has 1 atom stereocenters. The number of rotatable bonds is 3. The molecule has 82 valence electrons. The van der Waals surface area contributed by atoms with Crippen LogP contribution in [-0.4, -0.2) is 41.8 Å². The van der Waals surface area contributed by atoms with Crippen LogP contribution >= 0.6 is 0 Å². The third-order valence-corrected chi connectivity index (χ3v) is 2.68. The molecule has 0 bridgehead atoms. The molecule has 0 spiro atoms. The molecule has 4 nitrogen and oxygen atoms in total. The van der Waals surface area contributed by atoms with Crippen molar-refractivity contribution in [1.29, 1.82) is 0 Å². The lowest BCUT2D eigenvalue weighted by Crippen LogP contribution is -2.47. The minimum atomic E-state index is -0.0931.